The molecule has 1 aromatic heterocycles. The van der Waals surface area contributed by atoms with Crippen molar-refractivity contribution in [2.24, 2.45) is 0 Å². The van der Waals surface area contributed by atoms with Gasteiger partial charge >= 0.3 is 0 Å². The van der Waals surface area contributed by atoms with Crippen molar-refractivity contribution >= 4 is 44.2 Å². The summed E-state index contributed by atoms with van der Waals surface area (Å²) < 4.78 is 26.4. The molecule has 7 nitrogen and oxygen atoms in total. The minimum Gasteiger partial charge on any atom is -0.345 e. The molecule has 0 radical (unpaired) electrons. The van der Waals surface area contributed by atoms with Crippen LogP contribution in [-0.2, 0) is 14.8 Å². The molecule has 1 amide bonds. The summed E-state index contributed by atoms with van der Waals surface area (Å²) >= 11 is 3.22. The Morgan fingerprint density at radius 2 is 2.08 bits per heavy atom. The number of piperazine rings is 1. The average Bonchev–Trinajstić information content (AvgIpc) is 3.04. The van der Waals surface area contributed by atoms with E-state index < -0.39 is 16.1 Å². The summed E-state index contributed by atoms with van der Waals surface area (Å²) in [5.74, 6) is 0.592. The van der Waals surface area contributed by atoms with Gasteiger partial charge in [-0.05, 0) is 32.3 Å². The Balaban J connectivity index is 1.97. The predicted octanol–water partition coefficient (Wildman–Crippen LogP) is 1.16. The molecule has 0 aliphatic carbocycles. The van der Waals surface area contributed by atoms with Gasteiger partial charge in [-0.25, -0.2) is 18.1 Å². The van der Waals surface area contributed by atoms with Crippen LogP contribution in [0, 0.1) is 6.92 Å². The van der Waals surface area contributed by atoms with Gasteiger partial charge in [0.25, 0.3) is 0 Å². The molecule has 1 fully saturated rings. The summed E-state index contributed by atoms with van der Waals surface area (Å²) in [5, 5.41) is 3.00. The Labute approximate surface area is 158 Å². The molecular weight excluding hydrogens is 380 g/mol. The van der Waals surface area contributed by atoms with Gasteiger partial charge in [0.15, 0.2) is 5.13 Å². The van der Waals surface area contributed by atoms with Gasteiger partial charge < -0.3 is 9.80 Å². The van der Waals surface area contributed by atoms with Crippen LogP contribution in [0.3, 0.4) is 0 Å². The maximum atomic E-state index is 12.8. The van der Waals surface area contributed by atoms with Gasteiger partial charge in [0, 0.05) is 31.6 Å². The Morgan fingerprint density at radius 3 is 2.60 bits per heavy atom. The van der Waals surface area contributed by atoms with Crippen LogP contribution in [0.4, 0.5) is 5.13 Å². The number of nitrogens with zero attached hydrogens (tertiary/aromatic N) is 3. The molecule has 1 saturated heterocycles. The zero-order valence-corrected chi connectivity index (χ0v) is 17.3. The first-order chi connectivity index (χ1) is 11.9. The Bertz CT molecular complexity index is 669. The number of hydrogen-bond donors (Lipinski definition) is 1. The number of aryl methyl sites for hydroxylation is 1. The lowest BCUT2D eigenvalue weighted by atomic mass is 10.2. The van der Waals surface area contributed by atoms with Gasteiger partial charge in [-0.3, -0.25) is 4.79 Å². The molecule has 0 aromatic carbocycles. The molecule has 2 heterocycles. The Hall–Kier alpha value is -0.840. The fraction of sp³-hybridized carbons (Fsp3) is 0.733. The third-order valence-corrected chi connectivity index (χ3v) is 7.15. The number of anilines is 1. The van der Waals surface area contributed by atoms with E-state index in [1.165, 1.54) is 0 Å². The molecule has 25 heavy (non-hydrogen) atoms. The molecule has 142 valence electrons. The number of carbonyl (C=O) groups excluding carboxylic acids is 1. The number of thiazole rings is 1. The third-order valence-electron chi connectivity index (χ3n) is 4.08. The van der Waals surface area contributed by atoms with E-state index in [9.17, 15) is 13.2 Å². The summed E-state index contributed by atoms with van der Waals surface area (Å²) in [7, 11) is -3.41. The summed E-state index contributed by atoms with van der Waals surface area (Å²) in [6.07, 6.45) is 2.45. The quantitative estimate of drug-likeness (QED) is 0.698. The first-order valence-corrected chi connectivity index (χ1v) is 12.2. The first kappa shape index (κ1) is 20.5. The topological polar surface area (TPSA) is 82.6 Å². The van der Waals surface area contributed by atoms with Crippen LogP contribution in [-0.4, -0.2) is 74.2 Å². The minimum atomic E-state index is -3.41. The normalized spacial score (nSPS) is 16.9. The zero-order chi connectivity index (χ0) is 18.4. The predicted molar refractivity (Wildman–Crippen MR) is 105 cm³/mol. The van der Waals surface area contributed by atoms with E-state index in [-0.39, 0.29) is 11.7 Å². The van der Waals surface area contributed by atoms with Crippen LogP contribution in [0.2, 0.25) is 0 Å². The fourth-order valence-corrected chi connectivity index (χ4v) is 4.74. The molecule has 0 saturated carbocycles. The van der Waals surface area contributed by atoms with Crippen molar-refractivity contribution in [2.45, 2.75) is 26.3 Å². The van der Waals surface area contributed by atoms with E-state index in [1.54, 1.807) is 34.9 Å². The highest BCUT2D eigenvalue weighted by Gasteiger charge is 2.30. The van der Waals surface area contributed by atoms with Crippen molar-refractivity contribution in [3.63, 3.8) is 0 Å². The van der Waals surface area contributed by atoms with Crippen molar-refractivity contribution in [3.05, 3.63) is 11.1 Å². The number of thioether (sulfide) groups is 1. The number of rotatable bonds is 8. The van der Waals surface area contributed by atoms with E-state index >= 15 is 0 Å². The fourth-order valence-electron chi connectivity index (χ4n) is 2.59. The van der Waals surface area contributed by atoms with Gasteiger partial charge in [-0.1, -0.05) is 0 Å². The number of sulfonamides is 1. The summed E-state index contributed by atoms with van der Waals surface area (Å²) in [5.41, 5.74) is 1.00. The highest BCUT2D eigenvalue weighted by molar-refractivity contribution is 7.98. The summed E-state index contributed by atoms with van der Waals surface area (Å²) in [6.45, 7) is 6.15. The average molecular weight is 407 g/mol. The van der Waals surface area contributed by atoms with E-state index in [4.69, 9.17) is 0 Å². The maximum absolute atomic E-state index is 12.8. The van der Waals surface area contributed by atoms with Crippen molar-refractivity contribution < 1.29 is 13.2 Å². The van der Waals surface area contributed by atoms with Crippen LogP contribution >= 0.6 is 23.1 Å². The Morgan fingerprint density at radius 1 is 1.40 bits per heavy atom. The van der Waals surface area contributed by atoms with E-state index in [1.807, 2.05) is 18.6 Å². The molecule has 1 aromatic rings. The van der Waals surface area contributed by atoms with Gasteiger partial charge in [0.05, 0.1) is 11.4 Å². The number of hydrogen-bond acceptors (Lipinski definition) is 7. The molecule has 2 rings (SSSR count). The van der Waals surface area contributed by atoms with Crippen LogP contribution in [0.1, 0.15) is 19.0 Å². The van der Waals surface area contributed by atoms with Gasteiger partial charge in [0.2, 0.25) is 15.9 Å². The Kier molecular flexibility index (Phi) is 7.53. The first-order valence-electron chi connectivity index (χ1n) is 8.31. The number of nitrogens with one attached hydrogen (secondary N) is 1. The number of aromatic nitrogens is 1. The van der Waals surface area contributed by atoms with Crippen molar-refractivity contribution in [1.29, 1.82) is 0 Å². The molecule has 0 bridgehead atoms. The molecular formula is C15H26N4O3S3. The monoisotopic (exact) mass is 406 g/mol. The standard InChI is InChI=1S/C15H26N4O3S3/c1-4-25(21,22)17-13(5-10-23-3)14(20)18-6-8-19(9-7-18)15-16-12(2)11-24-15/h11,13,17H,4-10H2,1-3H3. The van der Waals surface area contributed by atoms with E-state index in [0.717, 1.165) is 16.6 Å². The molecule has 10 heteroatoms. The van der Waals surface area contributed by atoms with E-state index in [2.05, 4.69) is 14.6 Å². The lowest BCUT2D eigenvalue weighted by Crippen LogP contribution is -2.55. The van der Waals surface area contributed by atoms with Crippen LogP contribution in [0.25, 0.3) is 0 Å². The number of amides is 1. The number of carbonyl (C=O) groups is 1. The van der Waals surface area contributed by atoms with Crippen LogP contribution < -0.4 is 9.62 Å². The second kappa shape index (κ2) is 9.20. The molecule has 1 aliphatic heterocycles. The van der Waals surface area contributed by atoms with Crippen molar-refractivity contribution in [1.82, 2.24) is 14.6 Å². The molecule has 1 unspecified atom stereocenters. The van der Waals surface area contributed by atoms with Gasteiger partial charge in [-0.15, -0.1) is 11.3 Å². The lowest BCUT2D eigenvalue weighted by molar-refractivity contribution is -0.133. The highest BCUT2D eigenvalue weighted by Crippen LogP contribution is 2.21. The largest absolute Gasteiger partial charge is 0.345 e. The van der Waals surface area contributed by atoms with Gasteiger partial charge in [0.1, 0.15) is 6.04 Å². The second-order valence-electron chi connectivity index (χ2n) is 5.94. The van der Waals surface area contributed by atoms with Crippen LogP contribution in [0.5, 0.6) is 0 Å². The molecule has 1 N–H and O–H groups in total. The summed E-state index contributed by atoms with van der Waals surface area (Å²) in [6, 6.07) is -0.675. The molecule has 1 aliphatic rings. The minimum absolute atomic E-state index is 0.0206. The zero-order valence-electron chi connectivity index (χ0n) is 14.9. The maximum Gasteiger partial charge on any atom is 0.240 e. The highest BCUT2D eigenvalue weighted by atomic mass is 32.2. The van der Waals surface area contributed by atoms with Crippen molar-refractivity contribution in [2.75, 3.05) is 48.8 Å². The lowest BCUT2D eigenvalue weighted by Gasteiger charge is -2.36. The molecule has 1 atom stereocenters. The summed E-state index contributed by atoms with van der Waals surface area (Å²) in [4.78, 5) is 21.2. The second-order valence-corrected chi connectivity index (χ2v) is 9.80. The SMILES string of the molecule is CCS(=O)(=O)NC(CCSC)C(=O)N1CCN(c2nc(C)cs2)CC1. The van der Waals surface area contributed by atoms with Gasteiger partial charge in [-0.2, -0.15) is 11.8 Å². The smallest absolute Gasteiger partial charge is 0.240 e. The van der Waals surface area contributed by atoms with Crippen LogP contribution in [0.15, 0.2) is 5.38 Å². The van der Waals surface area contributed by atoms with E-state index in [0.29, 0.717) is 32.6 Å². The molecule has 0 spiro atoms. The third kappa shape index (κ3) is 5.83. The van der Waals surface area contributed by atoms with Crippen molar-refractivity contribution in [3.8, 4) is 0 Å².